The smallest absolute Gasteiger partial charge is 0.258 e. The summed E-state index contributed by atoms with van der Waals surface area (Å²) in [4.78, 5) is 12.1. The molecule has 0 aliphatic rings. The molecule has 0 unspecified atom stereocenters. The van der Waals surface area contributed by atoms with Crippen LogP contribution in [-0.4, -0.2) is 5.91 Å². The number of amides is 1. The number of benzene rings is 2. The summed E-state index contributed by atoms with van der Waals surface area (Å²) in [7, 11) is 0. The van der Waals surface area contributed by atoms with Crippen LogP contribution in [0.15, 0.2) is 36.4 Å². The van der Waals surface area contributed by atoms with Gasteiger partial charge in [-0.2, -0.15) is 0 Å². The molecule has 2 aromatic carbocycles. The second-order valence-corrected chi connectivity index (χ2v) is 4.38. The van der Waals surface area contributed by atoms with E-state index in [0.717, 1.165) is 0 Å². The molecule has 0 fully saturated rings. The van der Waals surface area contributed by atoms with E-state index in [2.05, 4.69) is 11.2 Å². The molecule has 0 bridgehead atoms. The number of hydrogen-bond donors (Lipinski definition) is 2. The van der Waals surface area contributed by atoms with Crippen molar-refractivity contribution in [2.75, 3.05) is 11.1 Å². The monoisotopic (exact) mass is 268 g/mol. The van der Waals surface area contributed by atoms with E-state index in [1.54, 1.807) is 31.2 Å². The maximum Gasteiger partial charge on any atom is 0.258 e. The highest BCUT2D eigenvalue weighted by Gasteiger charge is 2.14. The molecule has 0 spiro atoms. The van der Waals surface area contributed by atoms with Gasteiger partial charge >= 0.3 is 0 Å². The van der Waals surface area contributed by atoms with Crippen LogP contribution in [0, 0.1) is 25.1 Å². The topological polar surface area (TPSA) is 55.1 Å². The highest BCUT2D eigenvalue weighted by molar-refractivity contribution is 6.05. The van der Waals surface area contributed by atoms with E-state index in [1.165, 1.54) is 12.1 Å². The molecule has 2 aromatic rings. The van der Waals surface area contributed by atoms with Gasteiger partial charge in [0.2, 0.25) is 0 Å². The highest BCUT2D eigenvalue weighted by Crippen LogP contribution is 2.19. The average Bonchev–Trinajstić information content (AvgIpc) is 2.43. The minimum Gasteiger partial charge on any atom is -0.399 e. The number of nitrogens with one attached hydrogen (secondary N) is 1. The number of nitrogens with two attached hydrogens (primary N) is 1. The molecule has 0 radical (unpaired) electrons. The molecule has 3 N–H and O–H groups in total. The van der Waals surface area contributed by atoms with E-state index in [0.29, 0.717) is 22.5 Å². The number of hydrogen-bond acceptors (Lipinski definition) is 2. The summed E-state index contributed by atoms with van der Waals surface area (Å²) in [6.07, 6.45) is 5.29. The third-order valence-corrected chi connectivity index (χ3v) is 2.81. The van der Waals surface area contributed by atoms with E-state index in [4.69, 9.17) is 12.2 Å². The van der Waals surface area contributed by atoms with Gasteiger partial charge in [-0.15, -0.1) is 6.42 Å². The zero-order chi connectivity index (χ0) is 14.7. The van der Waals surface area contributed by atoms with Crippen molar-refractivity contribution in [2.24, 2.45) is 0 Å². The number of nitrogen functional groups attached to an aromatic ring is 1. The zero-order valence-electron chi connectivity index (χ0n) is 10.9. The fraction of sp³-hybridized carbons (Fsp3) is 0.0625. The Balaban J connectivity index is 2.31. The van der Waals surface area contributed by atoms with Gasteiger partial charge in [0.25, 0.3) is 5.91 Å². The first-order chi connectivity index (χ1) is 9.51. The molecule has 0 aromatic heterocycles. The number of halogens is 1. The van der Waals surface area contributed by atoms with Crippen molar-refractivity contribution >= 4 is 17.3 Å². The summed E-state index contributed by atoms with van der Waals surface area (Å²) in [5.41, 5.74) is 7.34. The minimum atomic E-state index is -0.579. The Morgan fingerprint density at radius 1 is 1.35 bits per heavy atom. The van der Waals surface area contributed by atoms with Crippen molar-refractivity contribution in [3.8, 4) is 12.3 Å². The molecule has 0 atom stereocenters. The first-order valence-corrected chi connectivity index (χ1v) is 5.95. The van der Waals surface area contributed by atoms with Gasteiger partial charge in [0.15, 0.2) is 0 Å². The Kier molecular flexibility index (Phi) is 3.72. The standard InChI is InChI=1S/C16H13FN2O/c1-3-11-5-4-6-13(8-11)19-16(20)14-9-12(18)7-10(2)15(14)17/h1,4-9H,18H2,2H3,(H,19,20). The lowest BCUT2D eigenvalue weighted by atomic mass is 10.1. The SMILES string of the molecule is C#Cc1cccc(NC(=O)c2cc(N)cc(C)c2F)c1. The van der Waals surface area contributed by atoms with E-state index in [1.807, 2.05) is 0 Å². The number of carbonyl (C=O) groups is 1. The van der Waals surface area contributed by atoms with Crippen LogP contribution in [-0.2, 0) is 0 Å². The van der Waals surface area contributed by atoms with Crippen LogP contribution in [0.3, 0.4) is 0 Å². The van der Waals surface area contributed by atoms with Gasteiger partial charge < -0.3 is 11.1 Å². The predicted molar refractivity (Wildman–Crippen MR) is 77.9 cm³/mol. The number of terminal acetylenes is 1. The lowest BCUT2D eigenvalue weighted by Crippen LogP contribution is -2.15. The lowest BCUT2D eigenvalue weighted by Gasteiger charge is -2.09. The van der Waals surface area contributed by atoms with Gasteiger partial charge in [-0.1, -0.05) is 12.0 Å². The average molecular weight is 268 g/mol. The highest BCUT2D eigenvalue weighted by atomic mass is 19.1. The summed E-state index contributed by atoms with van der Waals surface area (Å²) >= 11 is 0. The van der Waals surface area contributed by atoms with Crippen molar-refractivity contribution < 1.29 is 9.18 Å². The quantitative estimate of drug-likeness (QED) is 0.650. The third kappa shape index (κ3) is 2.78. The number of carbonyl (C=O) groups excluding carboxylic acids is 1. The van der Waals surface area contributed by atoms with Crippen molar-refractivity contribution in [1.29, 1.82) is 0 Å². The fourth-order valence-electron chi connectivity index (χ4n) is 1.85. The van der Waals surface area contributed by atoms with Crippen molar-refractivity contribution in [3.05, 3.63) is 58.9 Å². The molecule has 2 rings (SSSR count). The Bertz CT molecular complexity index is 717. The summed E-state index contributed by atoms with van der Waals surface area (Å²) < 4.78 is 13.9. The molecular formula is C16H13FN2O. The summed E-state index contributed by atoms with van der Waals surface area (Å²) in [6.45, 7) is 1.56. The normalized spacial score (nSPS) is 9.85. The summed E-state index contributed by atoms with van der Waals surface area (Å²) in [6, 6.07) is 9.55. The molecule has 0 aliphatic carbocycles. The third-order valence-electron chi connectivity index (χ3n) is 2.81. The van der Waals surface area contributed by atoms with Crippen LogP contribution in [0.4, 0.5) is 15.8 Å². The van der Waals surface area contributed by atoms with E-state index >= 15 is 0 Å². The molecule has 4 heteroatoms. The molecule has 3 nitrogen and oxygen atoms in total. The van der Waals surface area contributed by atoms with E-state index < -0.39 is 11.7 Å². The van der Waals surface area contributed by atoms with Gasteiger partial charge in [-0.05, 0) is 42.8 Å². The van der Waals surface area contributed by atoms with Crippen LogP contribution in [0.2, 0.25) is 0 Å². The van der Waals surface area contributed by atoms with Gasteiger partial charge in [-0.25, -0.2) is 4.39 Å². The molecule has 20 heavy (non-hydrogen) atoms. The van der Waals surface area contributed by atoms with Crippen LogP contribution in [0.1, 0.15) is 21.5 Å². The van der Waals surface area contributed by atoms with Crippen molar-refractivity contribution in [2.45, 2.75) is 6.92 Å². The maximum atomic E-state index is 13.9. The van der Waals surface area contributed by atoms with Gasteiger partial charge in [0.05, 0.1) is 5.56 Å². The maximum absolute atomic E-state index is 13.9. The minimum absolute atomic E-state index is 0.0892. The summed E-state index contributed by atoms with van der Waals surface area (Å²) in [5.74, 6) is 1.32. The Morgan fingerprint density at radius 2 is 2.10 bits per heavy atom. The Morgan fingerprint density at radius 3 is 2.80 bits per heavy atom. The second-order valence-electron chi connectivity index (χ2n) is 4.38. The molecule has 100 valence electrons. The molecule has 0 saturated heterocycles. The predicted octanol–water partition coefficient (Wildman–Crippen LogP) is 2.95. The van der Waals surface area contributed by atoms with Gasteiger partial charge in [0.1, 0.15) is 5.82 Å². The molecule has 0 saturated carbocycles. The molecule has 0 aliphatic heterocycles. The van der Waals surface area contributed by atoms with E-state index in [-0.39, 0.29) is 5.56 Å². The second kappa shape index (κ2) is 5.45. The largest absolute Gasteiger partial charge is 0.399 e. The van der Waals surface area contributed by atoms with Crippen LogP contribution in [0.25, 0.3) is 0 Å². The first kappa shape index (κ1) is 13.6. The Labute approximate surface area is 116 Å². The fourth-order valence-corrected chi connectivity index (χ4v) is 1.85. The number of aryl methyl sites for hydroxylation is 1. The van der Waals surface area contributed by atoms with Crippen LogP contribution >= 0.6 is 0 Å². The molecular weight excluding hydrogens is 255 g/mol. The van der Waals surface area contributed by atoms with Gasteiger partial charge in [-0.3, -0.25) is 4.79 Å². The van der Waals surface area contributed by atoms with Crippen molar-refractivity contribution in [1.82, 2.24) is 0 Å². The van der Waals surface area contributed by atoms with Crippen LogP contribution in [0.5, 0.6) is 0 Å². The zero-order valence-corrected chi connectivity index (χ0v) is 10.9. The molecule has 0 heterocycles. The van der Waals surface area contributed by atoms with E-state index in [9.17, 15) is 9.18 Å². The summed E-state index contributed by atoms with van der Waals surface area (Å²) in [5, 5.41) is 2.60. The van der Waals surface area contributed by atoms with Crippen LogP contribution < -0.4 is 11.1 Å². The first-order valence-electron chi connectivity index (χ1n) is 5.95. The van der Waals surface area contributed by atoms with Gasteiger partial charge in [0, 0.05) is 16.9 Å². The number of rotatable bonds is 2. The molecule has 1 amide bonds. The van der Waals surface area contributed by atoms with Crippen molar-refractivity contribution in [3.63, 3.8) is 0 Å². The Hall–Kier alpha value is -2.80. The number of anilines is 2. The lowest BCUT2D eigenvalue weighted by molar-refractivity contribution is 0.102.